The number of aromatic nitrogens is 4. The number of piperazine rings is 1. The molecule has 1 fully saturated rings. The molecule has 0 saturated carbocycles. The summed E-state index contributed by atoms with van der Waals surface area (Å²) in [6, 6.07) is 7.38. The summed E-state index contributed by atoms with van der Waals surface area (Å²) in [4.78, 5) is 26.1. The Bertz CT molecular complexity index is 1550. The average molecular weight is 658 g/mol. The number of aliphatic hydroxyl groups excluding tert-OH is 1. The van der Waals surface area contributed by atoms with Gasteiger partial charge in [0.15, 0.2) is 0 Å². The van der Waals surface area contributed by atoms with Crippen LogP contribution in [-0.4, -0.2) is 116 Å². The molecule has 2 aromatic carbocycles. The number of nitrogens with zero attached hydrogens (tertiary/aromatic N) is 6. The van der Waals surface area contributed by atoms with Crippen molar-refractivity contribution in [2.45, 2.75) is 13.0 Å². The number of ether oxygens (including phenoxy) is 2. The molecule has 0 spiro atoms. The Morgan fingerprint density at radius 2 is 1.88 bits per heavy atom. The third kappa shape index (κ3) is 8.05. The van der Waals surface area contributed by atoms with Crippen LogP contribution in [0.3, 0.4) is 0 Å². The van der Waals surface area contributed by atoms with Crippen molar-refractivity contribution in [3.63, 3.8) is 0 Å². The van der Waals surface area contributed by atoms with Crippen molar-refractivity contribution in [1.82, 2.24) is 29.5 Å². The molecule has 1 amide bonds. The summed E-state index contributed by atoms with van der Waals surface area (Å²) < 4.78 is 42.3. The average Bonchev–Trinajstić information content (AvgIpc) is 3.44. The molecule has 43 heavy (non-hydrogen) atoms. The molecule has 1 aliphatic heterocycles. The Morgan fingerprint density at radius 1 is 1.09 bits per heavy atom. The predicted octanol–water partition coefficient (Wildman–Crippen LogP) is 0.518. The minimum absolute atomic E-state index is 0.152. The Kier molecular flexibility index (Phi) is 10.5. The molecule has 2 N–H and O–H groups in total. The van der Waals surface area contributed by atoms with Gasteiger partial charge in [-0.2, -0.15) is 0 Å². The maximum absolute atomic E-state index is 13.9. The van der Waals surface area contributed by atoms with Gasteiger partial charge in [0.25, 0.3) is 0 Å². The number of methoxy groups -OCH3 is 1. The molecule has 1 saturated heterocycles. The Morgan fingerprint density at radius 3 is 2.65 bits per heavy atom. The molecule has 1 unspecified atom stereocenters. The molecule has 2 aromatic heterocycles. The van der Waals surface area contributed by atoms with Crippen molar-refractivity contribution in [3.05, 3.63) is 60.7 Å². The number of fused-ring (bicyclic) bond motifs is 1. The molecule has 4 aromatic rings. The van der Waals surface area contributed by atoms with E-state index in [9.17, 15) is 13.6 Å². The fraction of sp³-hybridized carbons (Fsp3) is 0.379. The Hall–Kier alpha value is -3.64. The van der Waals surface area contributed by atoms with E-state index in [-0.39, 0.29) is 18.8 Å². The number of carbonyl (C=O) groups is 1. The van der Waals surface area contributed by atoms with Gasteiger partial charge in [0, 0.05) is 6.54 Å². The summed E-state index contributed by atoms with van der Waals surface area (Å²) in [6.07, 6.45) is 5.85. The van der Waals surface area contributed by atoms with E-state index < -0.39 is 33.3 Å². The van der Waals surface area contributed by atoms with E-state index in [1.807, 2.05) is 12.1 Å². The van der Waals surface area contributed by atoms with Crippen molar-refractivity contribution in [2.24, 2.45) is 0 Å². The summed E-state index contributed by atoms with van der Waals surface area (Å²) in [7, 11) is 1.60. The van der Waals surface area contributed by atoms with Gasteiger partial charge >= 0.3 is 232 Å². The van der Waals surface area contributed by atoms with Gasteiger partial charge in [-0.25, -0.2) is 0 Å². The van der Waals surface area contributed by atoms with E-state index in [0.717, 1.165) is 71.5 Å². The first kappa shape index (κ1) is 30.8. The Balaban J connectivity index is 1.18. The van der Waals surface area contributed by atoms with Crippen molar-refractivity contribution in [3.8, 4) is 11.5 Å². The molecule has 1 atom stereocenters. The first-order valence-corrected chi connectivity index (χ1v) is 16.1. The van der Waals surface area contributed by atoms with Crippen LogP contribution in [-0.2, 0) is 11.3 Å². The molecular formula is C29H34AsF2N7O4. The van der Waals surface area contributed by atoms with Crippen LogP contribution in [0.4, 0.5) is 14.5 Å². The SMILES string of the molecule is COc1cc2c([AsH]c3cnn(CC(=O)Nc4cccc(F)c4F)c3)ncnc2cc1OCCCN1CCN(CCO)CC1. The number of hydrogen-bond donors (Lipinski definition) is 2. The van der Waals surface area contributed by atoms with Crippen molar-refractivity contribution < 1.29 is 28.2 Å². The molecule has 228 valence electrons. The summed E-state index contributed by atoms with van der Waals surface area (Å²) in [5, 5.41) is 16.6. The quantitative estimate of drug-likeness (QED) is 0.157. The molecular weight excluding hydrogens is 623 g/mol. The molecule has 0 bridgehead atoms. The molecule has 0 radical (unpaired) electrons. The van der Waals surface area contributed by atoms with E-state index in [1.54, 1.807) is 19.5 Å². The molecule has 14 heteroatoms. The fourth-order valence-corrected chi connectivity index (χ4v) is 7.11. The second-order valence-electron chi connectivity index (χ2n) is 10.1. The van der Waals surface area contributed by atoms with Crippen molar-refractivity contribution in [1.29, 1.82) is 0 Å². The Labute approximate surface area is 254 Å². The molecule has 5 rings (SSSR count). The monoisotopic (exact) mass is 657 g/mol. The van der Waals surface area contributed by atoms with Gasteiger partial charge in [-0.15, -0.1) is 0 Å². The first-order chi connectivity index (χ1) is 20.9. The van der Waals surface area contributed by atoms with Crippen LogP contribution < -0.4 is 23.6 Å². The minimum atomic E-state index is -1.10. The van der Waals surface area contributed by atoms with Gasteiger partial charge in [0.1, 0.15) is 0 Å². The van der Waals surface area contributed by atoms with Gasteiger partial charge < -0.3 is 5.11 Å². The van der Waals surface area contributed by atoms with Crippen LogP contribution in [0.2, 0.25) is 0 Å². The molecule has 0 aliphatic carbocycles. The van der Waals surface area contributed by atoms with Crippen LogP contribution >= 0.6 is 0 Å². The number of halogens is 2. The van der Waals surface area contributed by atoms with E-state index in [1.165, 1.54) is 23.1 Å². The predicted molar refractivity (Wildman–Crippen MR) is 160 cm³/mol. The maximum atomic E-state index is 13.9. The number of hydrogen-bond acceptors (Lipinski definition) is 9. The summed E-state index contributed by atoms with van der Waals surface area (Å²) >= 11 is -0.954. The number of amides is 1. The molecule has 3 heterocycles. The normalized spacial score (nSPS) is 14.5. The van der Waals surface area contributed by atoms with Gasteiger partial charge in [-0.3, -0.25) is 4.90 Å². The van der Waals surface area contributed by atoms with Crippen molar-refractivity contribution >= 4 is 47.1 Å². The number of carbonyl (C=O) groups excluding carboxylic acids is 1. The number of rotatable bonds is 13. The molecule has 1 aliphatic rings. The van der Waals surface area contributed by atoms with E-state index >= 15 is 0 Å². The zero-order valence-electron chi connectivity index (χ0n) is 23.8. The van der Waals surface area contributed by atoms with Crippen LogP contribution in [0, 0.1) is 11.6 Å². The van der Waals surface area contributed by atoms with Crippen LogP contribution in [0.5, 0.6) is 11.5 Å². The van der Waals surface area contributed by atoms with E-state index in [4.69, 9.17) is 14.6 Å². The summed E-state index contributed by atoms with van der Waals surface area (Å²) in [6.45, 7) is 6.19. The fourth-order valence-electron chi connectivity index (χ4n) is 4.87. The first-order valence-electron chi connectivity index (χ1n) is 14.0. The van der Waals surface area contributed by atoms with E-state index in [2.05, 4.69) is 30.2 Å². The number of β-amino-alcohol motifs (C(OH)–C–C–N with tert-alkyl or cyclic N) is 1. The standard InChI is InChI=1S/C29H34AsF2N7O4/c1-42-25-14-21-24(15-26(25)43-13-3-6-37-7-9-38(10-8-37)11-12-40)33-19-34-29(21)30-20-16-35-39(17-20)18-27(41)36-23-5-2-4-22(31)28(23)32/h2,4-5,14-17,19,30,40H,3,6-13,18H2,1H3,(H,36,41). The third-order valence-corrected chi connectivity index (χ3v) is 9.59. The second-order valence-corrected chi connectivity index (χ2v) is 12.8. The topological polar surface area (TPSA) is 118 Å². The zero-order valence-corrected chi connectivity index (χ0v) is 25.9. The number of anilines is 1. The van der Waals surface area contributed by atoms with E-state index in [0.29, 0.717) is 18.1 Å². The number of nitrogens with one attached hydrogen (secondary N) is 1. The third-order valence-electron chi connectivity index (χ3n) is 7.11. The zero-order chi connectivity index (χ0) is 30.2. The summed E-state index contributed by atoms with van der Waals surface area (Å²) in [5.74, 6) is -1.43. The van der Waals surface area contributed by atoms with Crippen LogP contribution in [0.25, 0.3) is 10.9 Å². The van der Waals surface area contributed by atoms with Gasteiger partial charge in [-0.1, -0.05) is 0 Å². The van der Waals surface area contributed by atoms with Crippen molar-refractivity contribution in [2.75, 3.05) is 64.9 Å². The number of benzene rings is 2. The van der Waals surface area contributed by atoms with Crippen LogP contribution in [0.15, 0.2) is 49.1 Å². The summed E-state index contributed by atoms with van der Waals surface area (Å²) in [5.41, 5.74) is 0.525. The van der Waals surface area contributed by atoms with Crippen LogP contribution in [0.1, 0.15) is 6.42 Å². The van der Waals surface area contributed by atoms with Gasteiger partial charge in [-0.05, 0) is 0 Å². The second kappa shape index (κ2) is 14.7. The van der Waals surface area contributed by atoms with Gasteiger partial charge in [0.05, 0.1) is 6.61 Å². The van der Waals surface area contributed by atoms with Gasteiger partial charge in [0.2, 0.25) is 0 Å². The number of aliphatic hydroxyl groups is 1. The molecule has 11 nitrogen and oxygen atoms in total.